The molecule has 0 aliphatic carbocycles. The molecule has 1 N–H and O–H groups in total. The van der Waals surface area contributed by atoms with Crippen LogP contribution in [-0.4, -0.2) is 41.4 Å². The molecule has 4 rings (SSSR count). The maximum atomic E-state index is 13.1. The SMILES string of the molecule is COc1ccc(OC(=O)CN2C(=O)NC(C)(c3ccc4ccccc4c3)C2=O)c([N+](=O)[O-])c1. The minimum Gasteiger partial charge on any atom is -0.496 e. The third-order valence-corrected chi connectivity index (χ3v) is 5.48. The van der Waals surface area contributed by atoms with E-state index in [2.05, 4.69) is 5.32 Å². The first-order valence-corrected chi connectivity index (χ1v) is 9.89. The fraction of sp³-hybridized carbons (Fsp3) is 0.174. The molecular weight excluding hydrogens is 430 g/mol. The van der Waals surface area contributed by atoms with Gasteiger partial charge in [-0.1, -0.05) is 36.4 Å². The van der Waals surface area contributed by atoms with Crippen molar-refractivity contribution >= 4 is 34.4 Å². The molecular formula is C23H19N3O7. The third kappa shape index (κ3) is 3.93. The summed E-state index contributed by atoms with van der Waals surface area (Å²) >= 11 is 0. The second kappa shape index (κ2) is 8.23. The smallest absolute Gasteiger partial charge is 0.331 e. The van der Waals surface area contributed by atoms with Gasteiger partial charge in [0.2, 0.25) is 5.75 Å². The number of esters is 1. The number of nitro benzene ring substituents is 1. The number of hydrogen-bond acceptors (Lipinski definition) is 7. The molecule has 0 bridgehead atoms. The van der Waals surface area contributed by atoms with Crippen LogP contribution in [0.5, 0.6) is 11.5 Å². The topological polar surface area (TPSA) is 128 Å². The number of carbonyl (C=O) groups excluding carboxylic acids is 3. The zero-order chi connectivity index (χ0) is 23.8. The summed E-state index contributed by atoms with van der Waals surface area (Å²) in [5.74, 6) is -1.75. The number of amides is 3. The van der Waals surface area contributed by atoms with Gasteiger partial charge in [0.25, 0.3) is 5.91 Å². The first-order chi connectivity index (χ1) is 15.7. The number of hydrogen-bond donors (Lipinski definition) is 1. The number of benzene rings is 3. The number of nitrogens with one attached hydrogen (secondary N) is 1. The molecule has 0 spiro atoms. The number of imide groups is 1. The van der Waals surface area contributed by atoms with Crippen LogP contribution in [0.4, 0.5) is 10.5 Å². The standard InChI is InChI=1S/C23H19N3O7/c1-23(16-8-7-14-5-3-4-6-15(14)11-16)21(28)25(22(29)24-23)13-20(27)33-19-10-9-17(32-2)12-18(19)26(30)31/h3-12H,13H2,1-2H3,(H,24,29). The van der Waals surface area contributed by atoms with Gasteiger partial charge in [-0.15, -0.1) is 0 Å². The molecule has 0 aromatic heterocycles. The van der Waals surface area contributed by atoms with E-state index in [4.69, 9.17) is 9.47 Å². The quantitative estimate of drug-likeness (QED) is 0.201. The highest BCUT2D eigenvalue weighted by molar-refractivity contribution is 6.09. The molecule has 1 unspecified atom stereocenters. The molecule has 3 aromatic carbocycles. The van der Waals surface area contributed by atoms with Gasteiger partial charge in [0.1, 0.15) is 17.8 Å². The molecule has 1 saturated heterocycles. The van der Waals surface area contributed by atoms with Crippen LogP contribution < -0.4 is 14.8 Å². The van der Waals surface area contributed by atoms with Crippen molar-refractivity contribution in [2.75, 3.05) is 13.7 Å². The molecule has 1 heterocycles. The molecule has 1 fully saturated rings. The van der Waals surface area contributed by atoms with E-state index in [-0.39, 0.29) is 11.5 Å². The number of fused-ring (bicyclic) bond motifs is 1. The van der Waals surface area contributed by atoms with Crippen molar-refractivity contribution in [3.05, 3.63) is 76.3 Å². The summed E-state index contributed by atoms with van der Waals surface area (Å²) in [4.78, 5) is 49.4. The highest BCUT2D eigenvalue weighted by atomic mass is 16.6. The van der Waals surface area contributed by atoms with E-state index in [9.17, 15) is 24.5 Å². The Balaban J connectivity index is 1.54. The normalized spacial score (nSPS) is 17.7. The molecule has 0 radical (unpaired) electrons. The molecule has 1 atom stereocenters. The van der Waals surface area contributed by atoms with Gasteiger partial charge in [0.15, 0.2) is 0 Å². The van der Waals surface area contributed by atoms with E-state index in [1.807, 2.05) is 30.3 Å². The number of methoxy groups -OCH3 is 1. The van der Waals surface area contributed by atoms with Crippen LogP contribution in [0.1, 0.15) is 12.5 Å². The van der Waals surface area contributed by atoms with E-state index < -0.39 is 40.6 Å². The lowest BCUT2D eigenvalue weighted by atomic mass is 9.90. The van der Waals surface area contributed by atoms with Crippen LogP contribution in [0, 0.1) is 10.1 Å². The second-order valence-corrected chi connectivity index (χ2v) is 7.57. The number of ether oxygens (including phenoxy) is 2. The highest BCUT2D eigenvalue weighted by Gasteiger charge is 2.49. The Hall–Kier alpha value is -4.47. The zero-order valence-electron chi connectivity index (χ0n) is 17.7. The Labute approximate surface area is 187 Å². The molecule has 1 aliphatic heterocycles. The zero-order valence-corrected chi connectivity index (χ0v) is 17.7. The van der Waals surface area contributed by atoms with Crippen LogP contribution in [0.2, 0.25) is 0 Å². The summed E-state index contributed by atoms with van der Waals surface area (Å²) in [6.07, 6.45) is 0. The average molecular weight is 449 g/mol. The summed E-state index contributed by atoms with van der Waals surface area (Å²) in [6, 6.07) is 15.9. The largest absolute Gasteiger partial charge is 0.496 e. The van der Waals surface area contributed by atoms with Gasteiger partial charge in [-0.05, 0) is 41.5 Å². The van der Waals surface area contributed by atoms with E-state index in [0.717, 1.165) is 21.7 Å². The molecule has 3 amide bonds. The Bertz CT molecular complexity index is 1310. The van der Waals surface area contributed by atoms with Crippen molar-refractivity contribution in [1.29, 1.82) is 0 Å². The number of rotatable bonds is 6. The molecule has 10 heteroatoms. The molecule has 0 saturated carbocycles. The first-order valence-electron chi connectivity index (χ1n) is 9.89. The summed E-state index contributed by atoms with van der Waals surface area (Å²) < 4.78 is 10.0. The van der Waals surface area contributed by atoms with Crippen LogP contribution >= 0.6 is 0 Å². The Morgan fingerprint density at radius 3 is 2.52 bits per heavy atom. The minimum absolute atomic E-state index is 0.210. The monoisotopic (exact) mass is 449 g/mol. The predicted octanol–water partition coefficient (Wildman–Crippen LogP) is 3.13. The van der Waals surface area contributed by atoms with E-state index in [1.54, 1.807) is 19.1 Å². The molecule has 10 nitrogen and oxygen atoms in total. The number of urea groups is 1. The van der Waals surface area contributed by atoms with Crippen molar-refractivity contribution in [3.8, 4) is 11.5 Å². The lowest BCUT2D eigenvalue weighted by Gasteiger charge is -2.22. The predicted molar refractivity (Wildman–Crippen MR) is 117 cm³/mol. The molecule has 33 heavy (non-hydrogen) atoms. The fourth-order valence-corrected chi connectivity index (χ4v) is 3.67. The number of nitro groups is 1. The van der Waals surface area contributed by atoms with Gasteiger partial charge >= 0.3 is 17.7 Å². The lowest BCUT2D eigenvalue weighted by molar-refractivity contribution is -0.385. The molecule has 168 valence electrons. The summed E-state index contributed by atoms with van der Waals surface area (Å²) in [5.41, 5.74) is -1.31. The van der Waals surface area contributed by atoms with Crippen LogP contribution in [0.3, 0.4) is 0 Å². The van der Waals surface area contributed by atoms with Crippen molar-refractivity contribution in [2.45, 2.75) is 12.5 Å². The Morgan fingerprint density at radius 1 is 1.09 bits per heavy atom. The summed E-state index contributed by atoms with van der Waals surface area (Å²) in [5, 5.41) is 15.8. The van der Waals surface area contributed by atoms with Gasteiger partial charge in [-0.2, -0.15) is 0 Å². The van der Waals surface area contributed by atoms with Crippen LogP contribution in [0.25, 0.3) is 10.8 Å². The van der Waals surface area contributed by atoms with Crippen LogP contribution in [-0.2, 0) is 15.1 Å². The van der Waals surface area contributed by atoms with E-state index in [0.29, 0.717) is 5.56 Å². The van der Waals surface area contributed by atoms with Gasteiger partial charge < -0.3 is 14.8 Å². The van der Waals surface area contributed by atoms with Gasteiger partial charge in [0.05, 0.1) is 18.1 Å². The lowest BCUT2D eigenvalue weighted by Crippen LogP contribution is -2.42. The van der Waals surface area contributed by atoms with Gasteiger partial charge in [-0.25, -0.2) is 9.59 Å². The fourth-order valence-electron chi connectivity index (χ4n) is 3.67. The maximum Gasteiger partial charge on any atom is 0.331 e. The van der Waals surface area contributed by atoms with Gasteiger partial charge in [-0.3, -0.25) is 19.8 Å². The number of nitrogens with zero attached hydrogens (tertiary/aromatic N) is 2. The minimum atomic E-state index is -1.38. The Kier molecular flexibility index (Phi) is 5.42. The summed E-state index contributed by atoms with van der Waals surface area (Å²) in [7, 11) is 1.34. The number of carbonyl (C=O) groups is 3. The molecule has 3 aromatic rings. The van der Waals surface area contributed by atoms with Gasteiger partial charge in [0, 0.05) is 0 Å². The second-order valence-electron chi connectivity index (χ2n) is 7.57. The summed E-state index contributed by atoms with van der Waals surface area (Å²) in [6.45, 7) is 0.841. The van der Waals surface area contributed by atoms with Crippen molar-refractivity contribution < 1.29 is 28.8 Å². The third-order valence-electron chi connectivity index (χ3n) is 5.48. The maximum absolute atomic E-state index is 13.1. The van der Waals surface area contributed by atoms with Crippen molar-refractivity contribution in [1.82, 2.24) is 10.2 Å². The van der Waals surface area contributed by atoms with Crippen molar-refractivity contribution in [2.24, 2.45) is 0 Å². The van der Waals surface area contributed by atoms with Crippen LogP contribution in [0.15, 0.2) is 60.7 Å². The van der Waals surface area contributed by atoms with E-state index in [1.165, 1.54) is 19.2 Å². The Morgan fingerprint density at radius 2 is 1.82 bits per heavy atom. The molecule has 1 aliphatic rings. The first kappa shape index (κ1) is 21.8. The highest BCUT2D eigenvalue weighted by Crippen LogP contribution is 2.33. The van der Waals surface area contributed by atoms with Crippen molar-refractivity contribution in [3.63, 3.8) is 0 Å². The van der Waals surface area contributed by atoms with E-state index >= 15 is 0 Å². The average Bonchev–Trinajstić information content (AvgIpc) is 3.02.